The lowest BCUT2D eigenvalue weighted by Crippen LogP contribution is -1.93. The number of aryl methyl sites for hydroxylation is 1. The quantitative estimate of drug-likeness (QED) is 0.653. The Morgan fingerprint density at radius 2 is 1.58 bits per heavy atom. The Morgan fingerprint density at radius 1 is 0.947 bits per heavy atom. The van der Waals surface area contributed by atoms with Crippen molar-refractivity contribution in [2.75, 3.05) is 6.26 Å². The van der Waals surface area contributed by atoms with Crippen LogP contribution in [0.5, 0.6) is 0 Å². The highest BCUT2D eigenvalue weighted by atomic mass is 32.2. The highest BCUT2D eigenvalue weighted by molar-refractivity contribution is 7.98. The zero-order chi connectivity index (χ0) is 13.8. The SMILES string of the molecule is CSc1ccc(-c2ccc(CC(C)C)cc2)cc1C. The smallest absolute Gasteiger partial charge is 0.00987 e. The first-order valence-corrected chi connectivity index (χ1v) is 8.06. The second-order valence-electron chi connectivity index (χ2n) is 5.48. The summed E-state index contributed by atoms with van der Waals surface area (Å²) in [5.41, 5.74) is 5.40. The fraction of sp³-hybridized carbons (Fsp3) is 0.333. The number of thioether (sulfide) groups is 1. The van der Waals surface area contributed by atoms with Gasteiger partial charge in [0.25, 0.3) is 0 Å². The normalized spacial score (nSPS) is 11.0. The van der Waals surface area contributed by atoms with E-state index in [1.807, 2.05) is 11.8 Å². The standard InChI is InChI=1S/C18H22S/c1-13(2)11-15-5-7-16(8-6-15)17-9-10-18(19-4)14(3)12-17/h5-10,12-13H,11H2,1-4H3. The molecule has 0 aliphatic carbocycles. The zero-order valence-corrected chi connectivity index (χ0v) is 13.1. The maximum atomic E-state index is 2.28. The number of hydrogen-bond donors (Lipinski definition) is 0. The number of hydrogen-bond acceptors (Lipinski definition) is 1. The van der Waals surface area contributed by atoms with Gasteiger partial charge in [0.2, 0.25) is 0 Å². The Kier molecular flexibility index (Phi) is 4.71. The molecule has 0 atom stereocenters. The maximum Gasteiger partial charge on any atom is 0.00987 e. The second-order valence-corrected chi connectivity index (χ2v) is 6.33. The molecule has 0 aliphatic heterocycles. The minimum absolute atomic E-state index is 0.717. The van der Waals surface area contributed by atoms with E-state index in [0.29, 0.717) is 5.92 Å². The van der Waals surface area contributed by atoms with Crippen LogP contribution in [-0.4, -0.2) is 6.26 Å². The molecule has 0 fully saturated rings. The van der Waals surface area contributed by atoms with Gasteiger partial charge in [-0.2, -0.15) is 0 Å². The molecule has 0 spiro atoms. The highest BCUT2D eigenvalue weighted by Crippen LogP contribution is 2.27. The molecule has 0 heterocycles. The predicted octanol–water partition coefficient (Wildman–Crippen LogP) is 5.58. The average molecular weight is 270 g/mol. The van der Waals surface area contributed by atoms with Crippen LogP contribution in [0.25, 0.3) is 11.1 Å². The average Bonchev–Trinajstić information content (AvgIpc) is 2.39. The van der Waals surface area contributed by atoms with Crippen molar-refractivity contribution in [2.45, 2.75) is 32.1 Å². The van der Waals surface area contributed by atoms with Crippen LogP contribution in [0.2, 0.25) is 0 Å². The summed E-state index contributed by atoms with van der Waals surface area (Å²) in [6, 6.07) is 15.7. The number of benzene rings is 2. The van der Waals surface area contributed by atoms with Crippen LogP contribution in [0.15, 0.2) is 47.4 Å². The minimum atomic E-state index is 0.717. The summed E-state index contributed by atoms with van der Waals surface area (Å²) in [7, 11) is 0. The van der Waals surface area contributed by atoms with Gasteiger partial charge in [0.15, 0.2) is 0 Å². The Bertz CT molecular complexity index is 538. The molecule has 2 aromatic rings. The van der Waals surface area contributed by atoms with Crippen LogP contribution < -0.4 is 0 Å². The van der Waals surface area contributed by atoms with Gasteiger partial charge >= 0.3 is 0 Å². The third kappa shape index (κ3) is 3.63. The molecule has 2 rings (SSSR count). The Hall–Kier alpha value is -1.21. The summed E-state index contributed by atoms with van der Waals surface area (Å²) in [5.74, 6) is 0.717. The molecular formula is C18H22S. The molecule has 100 valence electrons. The fourth-order valence-corrected chi connectivity index (χ4v) is 2.95. The molecule has 0 unspecified atom stereocenters. The van der Waals surface area contributed by atoms with Crippen molar-refractivity contribution < 1.29 is 0 Å². The van der Waals surface area contributed by atoms with Gasteiger partial charge in [-0.05, 0) is 53.8 Å². The first-order valence-electron chi connectivity index (χ1n) is 6.84. The Morgan fingerprint density at radius 3 is 2.11 bits per heavy atom. The Balaban J connectivity index is 2.24. The van der Waals surface area contributed by atoms with E-state index in [-0.39, 0.29) is 0 Å². The maximum absolute atomic E-state index is 2.28. The van der Waals surface area contributed by atoms with Crippen molar-refractivity contribution >= 4 is 11.8 Å². The van der Waals surface area contributed by atoms with Crippen molar-refractivity contribution in [2.24, 2.45) is 5.92 Å². The van der Waals surface area contributed by atoms with Crippen molar-refractivity contribution in [3.63, 3.8) is 0 Å². The van der Waals surface area contributed by atoms with Crippen molar-refractivity contribution in [1.82, 2.24) is 0 Å². The molecule has 2 aromatic carbocycles. The summed E-state index contributed by atoms with van der Waals surface area (Å²) in [6.45, 7) is 6.71. The van der Waals surface area contributed by atoms with Gasteiger partial charge in [-0.1, -0.05) is 50.2 Å². The van der Waals surface area contributed by atoms with E-state index >= 15 is 0 Å². The molecule has 0 amide bonds. The molecule has 0 bridgehead atoms. The van der Waals surface area contributed by atoms with Crippen LogP contribution in [0, 0.1) is 12.8 Å². The minimum Gasteiger partial charge on any atom is -0.129 e. The van der Waals surface area contributed by atoms with Crippen LogP contribution in [0.3, 0.4) is 0 Å². The van der Waals surface area contributed by atoms with Crippen LogP contribution >= 0.6 is 11.8 Å². The topological polar surface area (TPSA) is 0 Å². The molecule has 0 aliphatic rings. The highest BCUT2D eigenvalue weighted by Gasteiger charge is 2.03. The van der Waals surface area contributed by atoms with Crippen molar-refractivity contribution in [3.05, 3.63) is 53.6 Å². The molecule has 0 nitrogen and oxygen atoms in total. The monoisotopic (exact) mass is 270 g/mol. The lowest BCUT2D eigenvalue weighted by Gasteiger charge is -2.09. The van der Waals surface area contributed by atoms with Crippen LogP contribution in [0.4, 0.5) is 0 Å². The Labute approximate surface area is 121 Å². The van der Waals surface area contributed by atoms with Gasteiger partial charge < -0.3 is 0 Å². The van der Waals surface area contributed by atoms with E-state index in [2.05, 4.69) is 69.5 Å². The van der Waals surface area contributed by atoms with Gasteiger partial charge in [0.05, 0.1) is 0 Å². The van der Waals surface area contributed by atoms with Gasteiger partial charge in [0.1, 0.15) is 0 Å². The van der Waals surface area contributed by atoms with Crippen LogP contribution in [0.1, 0.15) is 25.0 Å². The van der Waals surface area contributed by atoms with E-state index in [1.54, 1.807) is 0 Å². The van der Waals surface area contributed by atoms with Gasteiger partial charge in [0, 0.05) is 4.90 Å². The third-order valence-corrected chi connectivity index (χ3v) is 4.22. The van der Waals surface area contributed by atoms with Crippen molar-refractivity contribution in [3.8, 4) is 11.1 Å². The van der Waals surface area contributed by atoms with E-state index < -0.39 is 0 Å². The first kappa shape index (κ1) is 14.2. The summed E-state index contributed by atoms with van der Waals surface area (Å²) in [5, 5.41) is 0. The summed E-state index contributed by atoms with van der Waals surface area (Å²) < 4.78 is 0. The summed E-state index contributed by atoms with van der Waals surface area (Å²) in [4.78, 5) is 1.36. The molecule has 19 heavy (non-hydrogen) atoms. The molecule has 0 radical (unpaired) electrons. The third-order valence-electron chi connectivity index (χ3n) is 3.33. The van der Waals surface area contributed by atoms with Crippen LogP contribution in [-0.2, 0) is 6.42 Å². The molecule has 0 N–H and O–H groups in total. The van der Waals surface area contributed by atoms with Crippen molar-refractivity contribution in [1.29, 1.82) is 0 Å². The van der Waals surface area contributed by atoms with E-state index in [9.17, 15) is 0 Å². The second kappa shape index (κ2) is 6.29. The first-order chi connectivity index (χ1) is 9.10. The molecule has 0 saturated carbocycles. The summed E-state index contributed by atoms with van der Waals surface area (Å²) in [6.07, 6.45) is 3.29. The number of rotatable bonds is 4. The lowest BCUT2D eigenvalue weighted by atomic mass is 9.98. The van der Waals surface area contributed by atoms with E-state index in [1.165, 1.54) is 27.1 Å². The molecule has 0 saturated heterocycles. The van der Waals surface area contributed by atoms with E-state index in [4.69, 9.17) is 0 Å². The zero-order valence-electron chi connectivity index (χ0n) is 12.2. The summed E-state index contributed by atoms with van der Waals surface area (Å²) >= 11 is 1.81. The lowest BCUT2D eigenvalue weighted by molar-refractivity contribution is 0.647. The predicted molar refractivity (Wildman–Crippen MR) is 86.9 cm³/mol. The fourth-order valence-electron chi connectivity index (χ4n) is 2.36. The molecule has 1 heteroatoms. The molecule has 0 aromatic heterocycles. The van der Waals surface area contributed by atoms with Gasteiger partial charge in [-0.3, -0.25) is 0 Å². The van der Waals surface area contributed by atoms with Gasteiger partial charge in [-0.15, -0.1) is 11.8 Å². The van der Waals surface area contributed by atoms with Gasteiger partial charge in [-0.25, -0.2) is 0 Å². The van der Waals surface area contributed by atoms with E-state index in [0.717, 1.165) is 6.42 Å². The largest absolute Gasteiger partial charge is 0.129 e. The molecular weight excluding hydrogens is 248 g/mol.